The fourth-order valence-electron chi connectivity index (χ4n) is 1.80. The summed E-state index contributed by atoms with van der Waals surface area (Å²) < 4.78 is 16.1. The number of nitrogens with one attached hydrogen (secondary N) is 1. The van der Waals surface area contributed by atoms with E-state index in [1.165, 1.54) is 6.07 Å². The zero-order chi connectivity index (χ0) is 13.5. The smallest absolute Gasteiger partial charge is 0.195 e. The van der Waals surface area contributed by atoms with E-state index in [4.69, 9.17) is 23.8 Å². The maximum absolute atomic E-state index is 13.9. The Balaban J connectivity index is 2.78. The van der Waals surface area contributed by atoms with Gasteiger partial charge in [0.15, 0.2) is 10.6 Å². The molecular weight excluding hydrogens is 273 g/mol. The van der Waals surface area contributed by atoms with Crippen molar-refractivity contribution >= 4 is 23.8 Å². The van der Waals surface area contributed by atoms with Gasteiger partial charge in [0.2, 0.25) is 0 Å². The molecule has 1 aromatic heterocycles. The van der Waals surface area contributed by atoms with E-state index in [0.717, 1.165) is 0 Å². The van der Waals surface area contributed by atoms with Crippen molar-refractivity contribution in [3.63, 3.8) is 0 Å². The molecule has 3 nitrogen and oxygen atoms in total. The van der Waals surface area contributed by atoms with Gasteiger partial charge >= 0.3 is 0 Å². The average molecular weight is 286 g/mol. The highest BCUT2D eigenvalue weighted by molar-refractivity contribution is 7.71. The second kappa shape index (κ2) is 4.48. The number of benzene rings is 1. The Morgan fingerprint density at radius 1 is 1.39 bits per heavy atom. The molecule has 0 bridgehead atoms. The molecule has 0 aliphatic rings. The fraction of sp³-hybridized carbons (Fsp3) is 0.333. The fourth-order valence-corrected chi connectivity index (χ4v) is 2.45. The molecule has 0 amide bonds. The van der Waals surface area contributed by atoms with E-state index in [2.05, 4.69) is 10.2 Å². The lowest BCUT2D eigenvalue weighted by molar-refractivity contribution is 0.395. The Kier molecular flexibility index (Phi) is 3.29. The number of hydrogen-bond donors (Lipinski definition) is 1. The van der Waals surface area contributed by atoms with Crippen LogP contribution in [0.4, 0.5) is 4.39 Å². The van der Waals surface area contributed by atoms with Crippen molar-refractivity contribution in [3.8, 4) is 11.4 Å². The Bertz CT molecular complexity index is 619. The number of halogens is 2. The number of H-pyrrole nitrogens is 1. The summed E-state index contributed by atoms with van der Waals surface area (Å²) in [6, 6.07) is 4.54. The van der Waals surface area contributed by atoms with Crippen molar-refractivity contribution in [1.82, 2.24) is 14.8 Å². The summed E-state index contributed by atoms with van der Waals surface area (Å²) in [5.41, 5.74) is -0.0492. The number of aromatic amines is 1. The Morgan fingerprint density at radius 2 is 2.06 bits per heavy atom. The average Bonchev–Trinajstić information content (AvgIpc) is 2.59. The van der Waals surface area contributed by atoms with Crippen LogP contribution >= 0.6 is 23.8 Å². The first-order chi connectivity index (χ1) is 8.32. The van der Waals surface area contributed by atoms with Crippen LogP contribution in [0.15, 0.2) is 18.2 Å². The Hall–Kier alpha value is -1.20. The second-order valence-corrected chi connectivity index (χ2v) is 5.75. The first kappa shape index (κ1) is 13.2. The predicted molar refractivity (Wildman–Crippen MR) is 72.8 cm³/mol. The molecule has 0 aliphatic heterocycles. The number of rotatable bonds is 1. The van der Waals surface area contributed by atoms with Crippen LogP contribution in [0.3, 0.4) is 0 Å². The zero-order valence-electron chi connectivity index (χ0n) is 10.3. The van der Waals surface area contributed by atoms with Crippen molar-refractivity contribution < 1.29 is 4.39 Å². The Morgan fingerprint density at radius 3 is 2.61 bits per heavy atom. The molecule has 2 rings (SSSR count). The molecule has 0 atom stereocenters. The molecule has 0 fully saturated rings. The summed E-state index contributed by atoms with van der Waals surface area (Å²) >= 11 is 11.2. The minimum absolute atomic E-state index is 0.265. The molecule has 2 aromatic rings. The number of aromatic nitrogens is 3. The summed E-state index contributed by atoms with van der Waals surface area (Å²) in [5.74, 6) is -0.00222. The molecule has 1 heterocycles. The lowest BCUT2D eigenvalue weighted by atomic mass is 10.1. The molecule has 1 aromatic carbocycles. The molecule has 18 heavy (non-hydrogen) atoms. The standard InChI is InChI=1S/C12H13ClFN3S/c1-12(2,3)17-10(15-16-11(17)18)9-7(13)5-4-6-8(9)14/h4-6H,1-3H3,(H,16,18). The summed E-state index contributed by atoms with van der Waals surface area (Å²) in [6.07, 6.45) is 0. The van der Waals surface area contributed by atoms with Gasteiger partial charge in [-0.1, -0.05) is 17.7 Å². The van der Waals surface area contributed by atoms with E-state index in [9.17, 15) is 4.39 Å². The monoisotopic (exact) mass is 285 g/mol. The second-order valence-electron chi connectivity index (χ2n) is 4.96. The van der Waals surface area contributed by atoms with Gasteiger partial charge in [-0.2, -0.15) is 5.10 Å². The van der Waals surface area contributed by atoms with E-state index in [1.807, 2.05) is 20.8 Å². The van der Waals surface area contributed by atoms with Gasteiger partial charge in [0.25, 0.3) is 0 Å². The predicted octanol–water partition coefficient (Wildman–Crippen LogP) is 4.16. The summed E-state index contributed by atoms with van der Waals surface area (Å²) in [6.45, 7) is 5.91. The molecule has 0 saturated carbocycles. The van der Waals surface area contributed by atoms with Crippen LogP contribution in [-0.2, 0) is 5.54 Å². The maximum atomic E-state index is 13.9. The molecule has 6 heteroatoms. The van der Waals surface area contributed by atoms with Gasteiger partial charge in [-0.3, -0.25) is 9.67 Å². The third-order valence-corrected chi connectivity index (χ3v) is 3.12. The van der Waals surface area contributed by atoms with Gasteiger partial charge in [-0.25, -0.2) is 4.39 Å². The minimum atomic E-state index is -0.415. The summed E-state index contributed by atoms with van der Waals surface area (Å²) in [5, 5.41) is 7.10. The molecule has 0 aliphatic carbocycles. The molecule has 96 valence electrons. The quantitative estimate of drug-likeness (QED) is 0.799. The highest BCUT2D eigenvalue weighted by Crippen LogP contribution is 2.32. The van der Waals surface area contributed by atoms with Crippen LogP contribution in [0.1, 0.15) is 20.8 Å². The SMILES string of the molecule is CC(C)(C)n1c(-c2c(F)cccc2Cl)n[nH]c1=S. The van der Waals surface area contributed by atoms with Crippen LogP contribution in [0.25, 0.3) is 11.4 Å². The summed E-state index contributed by atoms with van der Waals surface area (Å²) in [7, 11) is 0. The maximum Gasteiger partial charge on any atom is 0.195 e. The van der Waals surface area contributed by atoms with Crippen LogP contribution in [-0.4, -0.2) is 14.8 Å². The third-order valence-electron chi connectivity index (χ3n) is 2.53. The lowest BCUT2D eigenvalue weighted by Crippen LogP contribution is -2.23. The first-order valence-corrected chi connectivity index (χ1v) is 6.23. The normalized spacial score (nSPS) is 11.8. The van der Waals surface area contributed by atoms with Crippen LogP contribution in [0, 0.1) is 10.6 Å². The van der Waals surface area contributed by atoms with Gasteiger partial charge in [-0.05, 0) is 45.1 Å². The van der Waals surface area contributed by atoms with Crippen molar-refractivity contribution in [3.05, 3.63) is 33.8 Å². The molecular formula is C12H13ClFN3S. The zero-order valence-corrected chi connectivity index (χ0v) is 11.9. The van der Waals surface area contributed by atoms with E-state index >= 15 is 0 Å². The summed E-state index contributed by atoms with van der Waals surface area (Å²) in [4.78, 5) is 0. The van der Waals surface area contributed by atoms with Gasteiger partial charge < -0.3 is 0 Å². The molecule has 0 radical (unpaired) electrons. The number of hydrogen-bond acceptors (Lipinski definition) is 2. The molecule has 1 N–H and O–H groups in total. The van der Waals surface area contributed by atoms with Gasteiger partial charge in [0.05, 0.1) is 10.6 Å². The third kappa shape index (κ3) is 2.20. The Labute approximate surface area is 115 Å². The van der Waals surface area contributed by atoms with Gasteiger partial charge in [-0.15, -0.1) is 0 Å². The highest BCUT2D eigenvalue weighted by Gasteiger charge is 2.23. The van der Waals surface area contributed by atoms with E-state index < -0.39 is 5.82 Å². The largest absolute Gasteiger partial charge is 0.295 e. The van der Waals surface area contributed by atoms with E-state index in [1.54, 1.807) is 16.7 Å². The first-order valence-electron chi connectivity index (χ1n) is 5.44. The highest BCUT2D eigenvalue weighted by atomic mass is 35.5. The molecule has 0 spiro atoms. The van der Waals surface area contributed by atoms with Crippen molar-refractivity contribution in [1.29, 1.82) is 0 Å². The van der Waals surface area contributed by atoms with Gasteiger partial charge in [0.1, 0.15) is 5.82 Å². The van der Waals surface area contributed by atoms with Crippen LogP contribution in [0.5, 0.6) is 0 Å². The van der Waals surface area contributed by atoms with Crippen molar-refractivity contribution in [2.45, 2.75) is 26.3 Å². The minimum Gasteiger partial charge on any atom is -0.295 e. The topological polar surface area (TPSA) is 33.6 Å². The lowest BCUT2D eigenvalue weighted by Gasteiger charge is -2.22. The van der Waals surface area contributed by atoms with Crippen molar-refractivity contribution in [2.24, 2.45) is 0 Å². The van der Waals surface area contributed by atoms with E-state index in [0.29, 0.717) is 15.6 Å². The van der Waals surface area contributed by atoms with Crippen molar-refractivity contribution in [2.75, 3.05) is 0 Å². The van der Waals surface area contributed by atoms with E-state index in [-0.39, 0.29) is 11.1 Å². The molecule has 0 unspecified atom stereocenters. The van der Waals surface area contributed by atoms with Crippen LogP contribution < -0.4 is 0 Å². The van der Waals surface area contributed by atoms with Gasteiger partial charge in [0, 0.05) is 5.54 Å². The number of nitrogens with zero attached hydrogens (tertiary/aromatic N) is 2. The molecule has 0 saturated heterocycles. The van der Waals surface area contributed by atoms with Crippen LogP contribution in [0.2, 0.25) is 5.02 Å².